The Bertz CT molecular complexity index is 937. The van der Waals surface area contributed by atoms with E-state index < -0.39 is 12.1 Å². The van der Waals surface area contributed by atoms with Crippen LogP contribution in [-0.4, -0.2) is 19.0 Å². The highest BCUT2D eigenvalue weighted by Gasteiger charge is 2.36. The minimum atomic E-state index is -0.466. The van der Waals surface area contributed by atoms with Crippen molar-refractivity contribution in [3.05, 3.63) is 77.4 Å². The van der Waals surface area contributed by atoms with Crippen molar-refractivity contribution in [2.45, 2.75) is 6.17 Å². The normalized spacial score (nSPS) is 15.9. The smallest absolute Gasteiger partial charge is 0.340 e. The van der Waals surface area contributed by atoms with Crippen molar-refractivity contribution >= 4 is 17.6 Å². The number of nitrogens with one attached hydrogen (secondary N) is 2. The summed E-state index contributed by atoms with van der Waals surface area (Å²) in [7, 11) is 1.34. The molecule has 0 saturated heterocycles. The van der Waals surface area contributed by atoms with E-state index in [2.05, 4.69) is 10.6 Å². The molecule has 0 fully saturated rings. The van der Waals surface area contributed by atoms with Gasteiger partial charge in [0.25, 0.3) is 5.91 Å². The molecule has 0 bridgehead atoms. The molecule has 1 aromatic carbocycles. The quantitative estimate of drug-likeness (QED) is 0.706. The van der Waals surface area contributed by atoms with E-state index in [-0.39, 0.29) is 5.91 Å². The maximum absolute atomic E-state index is 12.8. The van der Waals surface area contributed by atoms with Gasteiger partial charge < -0.3 is 15.4 Å². The molecular formula is C20H16N2O3. The summed E-state index contributed by atoms with van der Waals surface area (Å²) >= 11 is 0. The summed E-state index contributed by atoms with van der Waals surface area (Å²) in [5.41, 5.74) is 3.70. The van der Waals surface area contributed by atoms with Gasteiger partial charge >= 0.3 is 5.97 Å². The first-order chi connectivity index (χ1) is 12.2. The van der Waals surface area contributed by atoms with Crippen LogP contribution < -0.4 is 10.6 Å². The molecule has 124 valence electrons. The molecule has 5 heteroatoms. The zero-order valence-corrected chi connectivity index (χ0v) is 13.6. The molecule has 1 unspecified atom stereocenters. The Morgan fingerprint density at radius 1 is 0.920 bits per heavy atom. The predicted molar refractivity (Wildman–Crippen MR) is 94.7 cm³/mol. The molecule has 1 aliphatic heterocycles. The van der Waals surface area contributed by atoms with E-state index in [1.54, 1.807) is 0 Å². The Kier molecular flexibility index (Phi) is 3.61. The minimum absolute atomic E-state index is 0.214. The van der Waals surface area contributed by atoms with Crippen molar-refractivity contribution in [2.24, 2.45) is 0 Å². The molecule has 0 radical (unpaired) electrons. The first-order valence-electron chi connectivity index (χ1n) is 7.96. The number of amides is 1. The van der Waals surface area contributed by atoms with Gasteiger partial charge in [-0.2, -0.15) is 0 Å². The maximum Gasteiger partial charge on any atom is 0.340 e. The molecule has 1 atom stereocenters. The summed E-state index contributed by atoms with van der Waals surface area (Å²) in [5, 5.41) is 6.25. The molecule has 0 saturated carbocycles. The number of hydrogen-bond donors (Lipinski definition) is 2. The van der Waals surface area contributed by atoms with Gasteiger partial charge in [0.2, 0.25) is 0 Å². The largest absolute Gasteiger partial charge is 0.465 e. The summed E-state index contributed by atoms with van der Waals surface area (Å²) in [4.78, 5) is 25.2. The molecular weight excluding hydrogens is 316 g/mol. The van der Waals surface area contributed by atoms with E-state index in [4.69, 9.17) is 4.74 Å². The third-order valence-corrected chi connectivity index (χ3v) is 4.39. The third kappa shape index (κ3) is 2.41. The highest BCUT2D eigenvalue weighted by Crippen LogP contribution is 2.43. The van der Waals surface area contributed by atoms with Crippen LogP contribution in [-0.2, 0) is 4.74 Å². The average Bonchev–Trinajstić information content (AvgIpc) is 2.78. The summed E-state index contributed by atoms with van der Waals surface area (Å²) in [5.74, 6) is -0.680. The van der Waals surface area contributed by atoms with Gasteiger partial charge in [0, 0.05) is 0 Å². The van der Waals surface area contributed by atoms with E-state index >= 15 is 0 Å². The summed E-state index contributed by atoms with van der Waals surface area (Å²) in [6, 6.07) is 18.8. The van der Waals surface area contributed by atoms with E-state index in [0.29, 0.717) is 22.4 Å². The lowest BCUT2D eigenvalue weighted by molar-refractivity contribution is 0.0603. The molecule has 25 heavy (non-hydrogen) atoms. The number of carbonyl (C=O) groups excluding carboxylic acids is 2. The number of carbonyl (C=O) groups is 2. The lowest BCUT2D eigenvalue weighted by atomic mass is 10.1. The lowest BCUT2D eigenvalue weighted by Gasteiger charge is -2.27. The van der Waals surface area contributed by atoms with Gasteiger partial charge in [-0.1, -0.05) is 60.7 Å². The van der Waals surface area contributed by atoms with Crippen LogP contribution in [0, 0.1) is 0 Å². The Balaban J connectivity index is 1.93. The second kappa shape index (κ2) is 5.94. The van der Waals surface area contributed by atoms with Crippen molar-refractivity contribution in [3.8, 4) is 11.1 Å². The van der Waals surface area contributed by atoms with E-state index in [9.17, 15) is 9.59 Å². The fraction of sp³-hybridized carbons (Fsp3) is 0.100. The van der Waals surface area contributed by atoms with Crippen LogP contribution >= 0.6 is 0 Å². The van der Waals surface area contributed by atoms with Gasteiger partial charge in [-0.15, -0.1) is 0 Å². The van der Waals surface area contributed by atoms with Gasteiger partial charge in [0.15, 0.2) is 0 Å². The van der Waals surface area contributed by atoms with Crippen LogP contribution in [0.1, 0.15) is 32.4 Å². The Morgan fingerprint density at radius 2 is 1.56 bits per heavy atom. The fourth-order valence-electron chi connectivity index (χ4n) is 3.27. The van der Waals surface area contributed by atoms with Crippen molar-refractivity contribution in [3.63, 3.8) is 0 Å². The number of esters is 1. The predicted octanol–water partition coefficient (Wildman–Crippen LogP) is 3.43. The standard InChI is InChI=1S/C20H16N2O3/c1-25-20(24)16-14-11-7-3-6-10-13(14)15-17(16)21-18(22-19(15)23)12-8-4-2-5-9-12/h2-11,18,21H,1H3,(H,22,23). The molecule has 1 heterocycles. The molecule has 5 nitrogen and oxygen atoms in total. The van der Waals surface area contributed by atoms with Crippen LogP contribution in [0.3, 0.4) is 0 Å². The lowest BCUT2D eigenvalue weighted by Crippen LogP contribution is -2.38. The van der Waals surface area contributed by atoms with Crippen LogP contribution in [0.25, 0.3) is 11.1 Å². The highest BCUT2D eigenvalue weighted by molar-refractivity contribution is 6.18. The van der Waals surface area contributed by atoms with Crippen molar-refractivity contribution in [2.75, 3.05) is 12.4 Å². The number of rotatable bonds is 2. The highest BCUT2D eigenvalue weighted by atomic mass is 16.5. The number of ether oxygens (including phenoxy) is 1. The Labute approximate surface area is 145 Å². The summed E-state index contributed by atoms with van der Waals surface area (Å²) in [6.07, 6.45) is -0.407. The van der Waals surface area contributed by atoms with Crippen LogP contribution in [0.5, 0.6) is 0 Å². The fourth-order valence-corrected chi connectivity index (χ4v) is 3.27. The minimum Gasteiger partial charge on any atom is -0.465 e. The molecule has 0 spiro atoms. The number of methoxy groups -OCH3 is 1. The summed E-state index contributed by atoms with van der Waals surface area (Å²) in [6.45, 7) is 0. The van der Waals surface area contributed by atoms with Crippen LogP contribution in [0.4, 0.5) is 5.69 Å². The van der Waals surface area contributed by atoms with Crippen molar-refractivity contribution in [1.82, 2.24) is 5.32 Å². The number of anilines is 1. The average molecular weight is 332 g/mol. The second-order valence-corrected chi connectivity index (χ2v) is 5.82. The topological polar surface area (TPSA) is 67.4 Å². The van der Waals surface area contributed by atoms with Gasteiger partial charge in [0.05, 0.1) is 23.9 Å². The van der Waals surface area contributed by atoms with E-state index in [1.165, 1.54) is 7.11 Å². The molecule has 3 aliphatic rings. The Hall–Kier alpha value is -3.34. The van der Waals surface area contributed by atoms with Gasteiger partial charge in [-0.3, -0.25) is 4.79 Å². The molecule has 4 rings (SSSR count). The molecule has 1 aromatic rings. The SMILES string of the molecule is COC(=O)c1c2cccccc-2c2c1NC(c1ccccc1)NC2=O. The third-order valence-electron chi connectivity index (χ3n) is 4.39. The first-order valence-corrected chi connectivity index (χ1v) is 7.96. The van der Waals surface area contributed by atoms with Crippen LogP contribution in [0.2, 0.25) is 0 Å². The van der Waals surface area contributed by atoms with Crippen molar-refractivity contribution < 1.29 is 14.3 Å². The number of hydrogen-bond acceptors (Lipinski definition) is 4. The molecule has 2 N–H and O–H groups in total. The van der Waals surface area contributed by atoms with Gasteiger partial charge in [-0.25, -0.2) is 4.79 Å². The zero-order valence-electron chi connectivity index (χ0n) is 13.6. The second-order valence-electron chi connectivity index (χ2n) is 5.82. The molecule has 0 aromatic heterocycles. The number of benzene rings is 1. The summed E-state index contributed by atoms with van der Waals surface area (Å²) < 4.78 is 4.96. The first kappa shape index (κ1) is 15.2. The number of fused-ring (bicyclic) bond motifs is 3. The van der Waals surface area contributed by atoms with Crippen molar-refractivity contribution in [1.29, 1.82) is 0 Å². The monoisotopic (exact) mass is 332 g/mol. The molecule has 2 aliphatic carbocycles. The Morgan fingerprint density at radius 3 is 2.24 bits per heavy atom. The van der Waals surface area contributed by atoms with Gasteiger partial charge in [-0.05, 0) is 16.7 Å². The van der Waals surface area contributed by atoms with Crippen LogP contribution in [0.15, 0.2) is 60.7 Å². The van der Waals surface area contributed by atoms with E-state index in [1.807, 2.05) is 60.7 Å². The zero-order chi connectivity index (χ0) is 17.4. The van der Waals surface area contributed by atoms with E-state index in [0.717, 1.165) is 11.1 Å². The van der Waals surface area contributed by atoms with Gasteiger partial charge in [0.1, 0.15) is 6.17 Å². The maximum atomic E-state index is 12.8. The molecule has 1 amide bonds.